The Kier molecular flexibility index (Phi) is 5.34. The first-order chi connectivity index (χ1) is 12.7. The number of carbonyl (C=O) groups excluding carboxylic acids is 1. The van der Waals surface area contributed by atoms with Crippen LogP contribution in [0.2, 0.25) is 0 Å². The first-order valence-electron chi connectivity index (χ1n) is 8.06. The van der Waals surface area contributed by atoms with Gasteiger partial charge >= 0.3 is 0 Å². The molecule has 0 radical (unpaired) electrons. The summed E-state index contributed by atoms with van der Waals surface area (Å²) in [5.41, 5.74) is 3.89. The Morgan fingerprint density at radius 2 is 1.69 bits per heavy atom. The average Bonchev–Trinajstić information content (AvgIpc) is 2.70. The minimum Gasteiger partial charge on any atom is -0.493 e. The van der Waals surface area contributed by atoms with Crippen LogP contribution in [0.1, 0.15) is 5.56 Å². The molecule has 6 heteroatoms. The van der Waals surface area contributed by atoms with E-state index in [1.165, 1.54) is 12.2 Å². The van der Waals surface area contributed by atoms with E-state index in [1.54, 1.807) is 20.4 Å². The van der Waals surface area contributed by atoms with E-state index in [2.05, 4.69) is 4.98 Å². The first-order valence-corrected chi connectivity index (χ1v) is 8.06. The number of ether oxygens (including phenoxy) is 2. The molecule has 1 amide bonds. The summed E-state index contributed by atoms with van der Waals surface area (Å²) in [5, 5.41) is 2.21. The van der Waals surface area contributed by atoms with E-state index in [0.29, 0.717) is 24.5 Å². The third-order valence-electron chi connectivity index (χ3n) is 4.20. The van der Waals surface area contributed by atoms with Gasteiger partial charge in [-0.3, -0.25) is 14.6 Å². The van der Waals surface area contributed by atoms with Gasteiger partial charge in [0.25, 0.3) is 0 Å². The second-order valence-electron chi connectivity index (χ2n) is 5.64. The Balaban J connectivity index is 2.01. The lowest BCUT2D eigenvalue weighted by Crippen LogP contribution is -2.19. The molecule has 0 bridgehead atoms. The molecular weight excluding hydrogens is 332 g/mol. The van der Waals surface area contributed by atoms with Gasteiger partial charge in [0.15, 0.2) is 11.5 Å². The maximum absolute atomic E-state index is 10.9. The first kappa shape index (κ1) is 17.7. The molecule has 26 heavy (non-hydrogen) atoms. The van der Waals surface area contributed by atoms with Gasteiger partial charge in [-0.2, -0.15) is 0 Å². The topological polar surface area (TPSA) is 60.9 Å². The Morgan fingerprint density at radius 1 is 1.00 bits per heavy atom. The van der Waals surface area contributed by atoms with Gasteiger partial charge in [0.05, 0.1) is 33.4 Å². The molecule has 0 spiro atoms. The molecule has 0 aliphatic heterocycles. The van der Waals surface area contributed by atoms with Gasteiger partial charge in [-0.05, 0) is 28.8 Å². The van der Waals surface area contributed by atoms with Crippen molar-refractivity contribution in [1.29, 1.82) is 0 Å². The summed E-state index contributed by atoms with van der Waals surface area (Å²) < 4.78 is 10.8. The standard InChI is InChI=1S/C20H20N2O4/c1-24-19-10-17-16(8-9-21-18(17)11-20(19)25-2)15-6-4-14(5-7-15)12-22(13-23)26-3/h4-11,13H,12H2,1-3H3. The molecule has 0 fully saturated rings. The number of nitrogens with zero attached hydrogens (tertiary/aromatic N) is 2. The largest absolute Gasteiger partial charge is 0.493 e. The SMILES string of the molecule is COc1cc2nccc(-c3ccc(CN(C=O)OC)cc3)c2cc1OC. The van der Waals surface area contributed by atoms with Gasteiger partial charge in [-0.15, -0.1) is 0 Å². The molecule has 0 saturated heterocycles. The molecule has 1 heterocycles. The summed E-state index contributed by atoms with van der Waals surface area (Å²) in [6, 6.07) is 13.7. The smallest absolute Gasteiger partial charge is 0.233 e. The van der Waals surface area contributed by atoms with Crippen molar-refractivity contribution in [2.45, 2.75) is 6.54 Å². The fraction of sp³-hybridized carbons (Fsp3) is 0.200. The third kappa shape index (κ3) is 3.45. The monoisotopic (exact) mass is 352 g/mol. The molecule has 2 aromatic carbocycles. The number of hydroxylamine groups is 2. The lowest BCUT2D eigenvalue weighted by atomic mass is 10.00. The summed E-state index contributed by atoms with van der Waals surface area (Å²) in [6.45, 7) is 0.391. The van der Waals surface area contributed by atoms with Crippen LogP contribution in [0.4, 0.5) is 0 Å². The van der Waals surface area contributed by atoms with Gasteiger partial charge in [-0.25, -0.2) is 5.06 Å². The third-order valence-corrected chi connectivity index (χ3v) is 4.20. The molecule has 3 aromatic rings. The normalized spacial score (nSPS) is 10.6. The van der Waals surface area contributed by atoms with Crippen LogP contribution in [0.15, 0.2) is 48.7 Å². The summed E-state index contributed by atoms with van der Waals surface area (Å²) in [5.74, 6) is 1.31. The Labute approximate surface area is 151 Å². The number of hydrogen-bond donors (Lipinski definition) is 0. The highest BCUT2D eigenvalue weighted by atomic mass is 16.7. The number of benzene rings is 2. The van der Waals surface area contributed by atoms with Crippen molar-refractivity contribution in [3.8, 4) is 22.6 Å². The quantitative estimate of drug-likeness (QED) is 0.481. The van der Waals surface area contributed by atoms with Crippen molar-refractivity contribution in [2.75, 3.05) is 21.3 Å². The van der Waals surface area contributed by atoms with E-state index in [-0.39, 0.29) is 0 Å². The van der Waals surface area contributed by atoms with E-state index in [1.807, 2.05) is 42.5 Å². The number of amides is 1. The van der Waals surface area contributed by atoms with E-state index in [4.69, 9.17) is 14.3 Å². The molecule has 3 rings (SSSR count). The molecule has 0 atom stereocenters. The van der Waals surface area contributed by atoms with E-state index in [0.717, 1.165) is 27.6 Å². The number of carbonyl (C=O) groups is 1. The van der Waals surface area contributed by atoms with Crippen LogP contribution < -0.4 is 9.47 Å². The average molecular weight is 352 g/mol. The zero-order valence-electron chi connectivity index (χ0n) is 14.9. The van der Waals surface area contributed by atoms with Crippen molar-refractivity contribution in [2.24, 2.45) is 0 Å². The maximum atomic E-state index is 10.9. The number of methoxy groups -OCH3 is 2. The van der Waals surface area contributed by atoms with Crippen LogP contribution in [0.5, 0.6) is 11.5 Å². The van der Waals surface area contributed by atoms with Crippen LogP contribution >= 0.6 is 0 Å². The second kappa shape index (κ2) is 7.84. The van der Waals surface area contributed by atoms with Crippen LogP contribution in [0, 0.1) is 0 Å². The molecule has 0 unspecified atom stereocenters. The minimum absolute atomic E-state index is 0.391. The van der Waals surface area contributed by atoms with Crippen molar-refractivity contribution in [3.63, 3.8) is 0 Å². The number of rotatable bonds is 7. The lowest BCUT2D eigenvalue weighted by Gasteiger charge is -2.14. The molecule has 0 saturated carbocycles. The molecule has 1 aromatic heterocycles. The predicted molar refractivity (Wildman–Crippen MR) is 98.9 cm³/mol. The number of hydrogen-bond acceptors (Lipinski definition) is 5. The van der Waals surface area contributed by atoms with Crippen molar-refractivity contribution < 1.29 is 19.1 Å². The molecule has 0 N–H and O–H groups in total. The van der Waals surface area contributed by atoms with Gasteiger partial charge in [0.1, 0.15) is 0 Å². The lowest BCUT2D eigenvalue weighted by molar-refractivity contribution is -0.163. The summed E-state index contributed by atoms with van der Waals surface area (Å²) >= 11 is 0. The highest BCUT2D eigenvalue weighted by Gasteiger charge is 2.11. The van der Waals surface area contributed by atoms with Crippen LogP contribution in [-0.2, 0) is 16.2 Å². The van der Waals surface area contributed by atoms with E-state index in [9.17, 15) is 4.79 Å². The Morgan fingerprint density at radius 3 is 2.31 bits per heavy atom. The Bertz CT molecular complexity index is 910. The van der Waals surface area contributed by atoms with Gasteiger partial charge in [0.2, 0.25) is 6.41 Å². The number of aromatic nitrogens is 1. The zero-order valence-corrected chi connectivity index (χ0v) is 14.9. The molecule has 6 nitrogen and oxygen atoms in total. The van der Waals surface area contributed by atoms with Crippen molar-refractivity contribution in [3.05, 3.63) is 54.2 Å². The van der Waals surface area contributed by atoms with Gasteiger partial charge in [-0.1, -0.05) is 24.3 Å². The molecule has 0 aliphatic carbocycles. The highest BCUT2D eigenvalue weighted by Crippen LogP contribution is 2.36. The molecule has 0 aliphatic rings. The summed E-state index contributed by atoms with van der Waals surface area (Å²) in [4.78, 5) is 20.2. The molecular formula is C20H20N2O4. The second-order valence-corrected chi connectivity index (χ2v) is 5.64. The fourth-order valence-electron chi connectivity index (χ4n) is 2.84. The van der Waals surface area contributed by atoms with Crippen molar-refractivity contribution >= 4 is 17.3 Å². The van der Waals surface area contributed by atoms with Crippen molar-refractivity contribution in [1.82, 2.24) is 10.0 Å². The summed E-state index contributed by atoms with van der Waals surface area (Å²) in [6.07, 6.45) is 2.43. The van der Waals surface area contributed by atoms with Gasteiger partial charge < -0.3 is 9.47 Å². The number of pyridine rings is 1. The van der Waals surface area contributed by atoms with Crippen LogP contribution in [0.3, 0.4) is 0 Å². The Hall–Kier alpha value is -3.12. The fourth-order valence-corrected chi connectivity index (χ4v) is 2.84. The van der Waals surface area contributed by atoms with E-state index >= 15 is 0 Å². The number of fused-ring (bicyclic) bond motifs is 1. The van der Waals surface area contributed by atoms with E-state index < -0.39 is 0 Å². The molecule has 134 valence electrons. The summed E-state index contributed by atoms with van der Waals surface area (Å²) in [7, 11) is 4.69. The highest BCUT2D eigenvalue weighted by molar-refractivity contribution is 5.96. The van der Waals surface area contributed by atoms with Crippen LogP contribution in [0.25, 0.3) is 22.0 Å². The zero-order chi connectivity index (χ0) is 18.5. The van der Waals surface area contributed by atoms with Gasteiger partial charge in [0, 0.05) is 17.6 Å². The minimum atomic E-state index is 0.391. The predicted octanol–water partition coefficient (Wildman–Crippen LogP) is 3.44. The van der Waals surface area contributed by atoms with Crippen LogP contribution in [-0.4, -0.2) is 37.8 Å². The maximum Gasteiger partial charge on any atom is 0.233 e.